The van der Waals surface area contributed by atoms with Crippen LogP contribution in [0.3, 0.4) is 0 Å². The van der Waals surface area contributed by atoms with Crippen LogP contribution < -0.4 is 20.5 Å². The standard InChI is InChI=1S/C28H25N3O4S/c1-17(2)16-35-21-7-5-6-19(14-21)25-15-23(22-8-3-4-9-24(22)30-25)26(32)31-28(36)29-20-12-10-18(11-13-20)27(33)34/h3-15,17H,16H2,1-2H3,(H,33,34)(H2,29,31,32,36)/p-1. The second-order valence-electron chi connectivity index (χ2n) is 8.58. The Hall–Kier alpha value is -4.30. The van der Waals surface area contributed by atoms with Gasteiger partial charge in [0.15, 0.2) is 5.11 Å². The van der Waals surface area contributed by atoms with E-state index in [-0.39, 0.29) is 10.7 Å². The minimum absolute atomic E-state index is 0.0463. The molecule has 0 aliphatic carbocycles. The smallest absolute Gasteiger partial charge is 0.258 e. The second kappa shape index (κ2) is 11.0. The fourth-order valence-electron chi connectivity index (χ4n) is 3.54. The fraction of sp³-hybridized carbons (Fsp3) is 0.143. The van der Waals surface area contributed by atoms with E-state index in [1.165, 1.54) is 24.3 Å². The lowest BCUT2D eigenvalue weighted by molar-refractivity contribution is -0.255. The summed E-state index contributed by atoms with van der Waals surface area (Å²) in [6, 6.07) is 22.6. The number of carbonyl (C=O) groups is 2. The molecule has 0 fully saturated rings. The van der Waals surface area contributed by atoms with Gasteiger partial charge in [-0.15, -0.1) is 0 Å². The molecule has 0 aliphatic heterocycles. The number of ether oxygens (including phenoxy) is 1. The van der Waals surface area contributed by atoms with Crippen molar-refractivity contribution in [1.82, 2.24) is 10.3 Å². The van der Waals surface area contributed by atoms with Gasteiger partial charge in [-0.2, -0.15) is 0 Å². The van der Waals surface area contributed by atoms with Crippen LogP contribution >= 0.6 is 12.2 Å². The van der Waals surface area contributed by atoms with Crippen molar-refractivity contribution in [1.29, 1.82) is 0 Å². The van der Waals surface area contributed by atoms with Crippen molar-refractivity contribution in [3.8, 4) is 17.0 Å². The molecule has 0 radical (unpaired) electrons. The van der Waals surface area contributed by atoms with E-state index in [9.17, 15) is 14.7 Å². The number of hydrogen-bond acceptors (Lipinski definition) is 6. The van der Waals surface area contributed by atoms with E-state index in [0.29, 0.717) is 40.4 Å². The second-order valence-corrected chi connectivity index (χ2v) is 8.99. The number of aromatic carboxylic acids is 1. The van der Waals surface area contributed by atoms with Gasteiger partial charge in [0.05, 0.1) is 29.4 Å². The number of carbonyl (C=O) groups excluding carboxylic acids is 2. The van der Waals surface area contributed by atoms with E-state index < -0.39 is 11.9 Å². The van der Waals surface area contributed by atoms with Crippen molar-refractivity contribution in [2.45, 2.75) is 13.8 Å². The van der Waals surface area contributed by atoms with Gasteiger partial charge >= 0.3 is 0 Å². The Morgan fingerprint density at radius 3 is 2.47 bits per heavy atom. The molecular formula is C28H24N3O4S-. The molecule has 0 atom stereocenters. The number of nitrogens with one attached hydrogen (secondary N) is 2. The van der Waals surface area contributed by atoms with E-state index in [2.05, 4.69) is 24.5 Å². The van der Waals surface area contributed by atoms with Gasteiger partial charge in [0.25, 0.3) is 5.91 Å². The van der Waals surface area contributed by atoms with E-state index >= 15 is 0 Å². The molecule has 0 aliphatic rings. The number of para-hydroxylation sites is 1. The lowest BCUT2D eigenvalue weighted by atomic mass is 10.0. The van der Waals surface area contributed by atoms with E-state index in [4.69, 9.17) is 21.9 Å². The molecule has 8 heteroatoms. The zero-order valence-electron chi connectivity index (χ0n) is 19.8. The molecular weight excluding hydrogens is 474 g/mol. The van der Waals surface area contributed by atoms with Crippen molar-refractivity contribution in [3.05, 3.63) is 90.0 Å². The maximum Gasteiger partial charge on any atom is 0.258 e. The Balaban J connectivity index is 1.59. The Bertz CT molecular complexity index is 1430. The Morgan fingerprint density at radius 1 is 1.00 bits per heavy atom. The third-order valence-electron chi connectivity index (χ3n) is 5.28. The number of benzene rings is 3. The van der Waals surface area contributed by atoms with Crippen LogP contribution in [-0.2, 0) is 0 Å². The first-order valence-corrected chi connectivity index (χ1v) is 11.8. The maximum atomic E-state index is 13.3. The number of rotatable bonds is 7. The van der Waals surface area contributed by atoms with Gasteiger partial charge in [0.2, 0.25) is 0 Å². The minimum Gasteiger partial charge on any atom is -0.545 e. The van der Waals surface area contributed by atoms with Crippen LogP contribution in [0.15, 0.2) is 78.9 Å². The summed E-state index contributed by atoms with van der Waals surface area (Å²) in [6.45, 7) is 4.77. The summed E-state index contributed by atoms with van der Waals surface area (Å²) >= 11 is 5.31. The average Bonchev–Trinajstić information content (AvgIpc) is 2.87. The van der Waals surface area contributed by atoms with Gasteiger partial charge in [0, 0.05) is 16.6 Å². The lowest BCUT2D eigenvalue weighted by Gasteiger charge is -2.13. The summed E-state index contributed by atoms with van der Waals surface area (Å²) in [7, 11) is 0. The molecule has 0 spiro atoms. The van der Waals surface area contributed by atoms with Crippen LogP contribution in [0.2, 0.25) is 0 Å². The minimum atomic E-state index is -1.27. The van der Waals surface area contributed by atoms with Crippen molar-refractivity contribution < 1.29 is 19.4 Å². The summed E-state index contributed by atoms with van der Waals surface area (Å²) in [5.41, 5.74) is 3.12. The normalized spacial score (nSPS) is 10.8. The highest BCUT2D eigenvalue weighted by Gasteiger charge is 2.16. The number of carboxylic acid groups (broad SMARTS) is 1. The van der Waals surface area contributed by atoms with Crippen molar-refractivity contribution in [2.24, 2.45) is 5.92 Å². The van der Waals surface area contributed by atoms with Gasteiger partial charge in [-0.25, -0.2) is 4.98 Å². The summed E-state index contributed by atoms with van der Waals surface area (Å²) in [5.74, 6) is -0.537. The van der Waals surface area contributed by atoms with Gasteiger partial charge in [-0.1, -0.05) is 56.3 Å². The van der Waals surface area contributed by atoms with Crippen LogP contribution in [0.5, 0.6) is 5.75 Å². The van der Waals surface area contributed by atoms with Gasteiger partial charge in [-0.3, -0.25) is 10.1 Å². The molecule has 2 N–H and O–H groups in total. The van der Waals surface area contributed by atoms with E-state index in [1.807, 2.05) is 48.5 Å². The molecule has 4 rings (SSSR count). The molecule has 182 valence electrons. The lowest BCUT2D eigenvalue weighted by Crippen LogP contribution is -2.34. The van der Waals surface area contributed by atoms with Crippen molar-refractivity contribution in [3.63, 3.8) is 0 Å². The number of fused-ring (bicyclic) bond motifs is 1. The first-order valence-electron chi connectivity index (χ1n) is 11.4. The topological polar surface area (TPSA) is 103 Å². The van der Waals surface area contributed by atoms with E-state index in [1.54, 1.807) is 6.07 Å². The number of anilines is 1. The number of amides is 1. The zero-order chi connectivity index (χ0) is 25.7. The third-order valence-corrected chi connectivity index (χ3v) is 5.48. The summed E-state index contributed by atoms with van der Waals surface area (Å²) in [5, 5.41) is 17.3. The predicted molar refractivity (Wildman–Crippen MR) is 142 cm³/mol. The first kappa shape index (κ1) is 24.8. The summed E-state index contributed by atoms with van der Waals surface area (Å²) < 4.78 is 5.86. The highest BCUT2D eigenvalue weighted by atomic mass is 32.1. The van der Waals surface area contributed by atoms with Gasteiger partial charge < -0.3 is 20.0 Å². The molecule has 7 nitrogen and oxygen atoms in total. The molecule has 1 heterocycles. The molecule has 1 amide bonds. The van der Waals surface area contributed by atoms with Crippen molar-refractivity contribution in [2.75, 3.05) is 11.9 Å². The molecule has 36 heavy (non-hydrogen) atoms. The van der Waals surface area contributed by atoms with Crippen LogP contribution in [0.1, 0.15) is 34.6 Å². The Kier molecular flexibility index (Phi) is 7.56. The Morgan fingerprint density at radius 2 is 1.75 bits per heavy atom. The fourth-order valence-corrected chi connectivity index (χ4v) is 3.75. The zero-order valence-corrected chi connectivity index (χ0v) is 20.6. The molecule has 3 aromatic carbocycles. The molecule has 0 unspecified atom stereocenters. The number of pyridine rings is 1. The van der Waals surface area contributed by atoms with E-state index in [0.717, 1.165) is 11.3 Å². The van der Waals surface area contributed by atoms with Crippen LogP contribution in [-0.4, -0.2) is 28.6 Å². The number of nitrogens with zero attached hydrogens (tertiary/aromatic N) is 1. The molecule has 1 aromatic heterocycles. The number of hydrogen-bond donors (Lipinski definition) is 2. The molecule has 0 saturated carbocycles. The average molecular weight is 499 g/mol. The van der Waals surface area contributed by atoms with Gasteiger partial charge in [0.1, 0.15) is 5.75 Å². The van der Waals surface area contributed by atoms with Crippen LogP contribution in [0.4, 0.5) is 5.69 Å². The maximum absolute atomic E-state index is 13.3. The highest BCUT2D eigenvalue weighted by Crippen LogP contribution is 2.27. The monoisotopic (exact) mass is 498 g/mol. The first-order chi connectivity index (χ1) is 17.3. The third kappa shape index (κ3) is 6.03. The largest absolute Gasteiger partial charge is 0.545 e. The highest BCUT2D eigenvalue weighted by molar-refractivity contribution is 7.80. The van der Waals surface area contributed by atoms with Crippen LogP contribution in [0, 0.1) is 5.92 Å². The Labute approximate surface area is 214 Å². The number of thiocarbonyl (C=S) groups is 1. The molecule has 0 bridgehead atoms. The number of carboxylic acids is 1. The predicted octanol–water partition coefficient (Wildman–Crippen LogP) is 4.43. The number of aromatic nitrogens is 1. The SMILES string of the molecule is CC(C)COc1cccc(-c2cc(C(=O)NC(=S)Nc3ccc(C(=O)[O-])cc3)c3ccccc3n2)c1. The molecule has 0 saturated heterocycles. The van der Waals surface area contributed by atoms with Crippen molar-refractivity contribution >= 4 is 45.8 Å². The quantitative estimate of drug-likeness (QED) is 0.364. The molecule has 4 aromatic rings. The summed E-state index contributed by atoms with van der Waals surface area (Å²) in [4.78, 5) is 28.9. The van der Waals surface area contributed by atoms with Crippen LogP contribution in [0.25, 0.3) is 22.2 Å². The summed E-state index contributed by atoms with van der Waals surface area (Å²) in [6.07, 6.45) is 0. The van der Waals surface area contributed by atoms with Gasteiger partial charge in [-0.05, 0) is 60.1 Å².